The van der Waals surface area contributed by atoms with Crippen LogP contribution in [0.4, 0.5) is 10.1 Å². The third-order valence-electron chi connectivity index (χ3n) is 2.57. The Kier molecular flexibility index (Phi) is 4.48. The maximum Gasteiger partial charge on any atom is 0.255 e. The summed E-state index contributed by atoms with van der Waals surface area (Å²) >= 11 is 0. The summed E-state index contributed by atoms with van der Waals surface area (Å²) in [4.78, 5) is 11.9. The highest BCUT2D eigenvalue weighted by molar-refractivity contribution is 6.04. The van der Waals surface area contributed by atoms with Crippen LogP contribution in [0, 0.1) is 17.7 Å². The maximum absolute atomic E-state index is 13.7. The molecule has 0 bridgehead atoms. The third kappa shape index (κ3) is 3.44. The quantitative estimate of drug-likeness (QED) is 0.823. The van der Waals surface area contributed by atoms with E-state index in [9.17, 15) is 9.18 Å². The van der Waals surface area contributed by atoms with Crippen molar-refractivity contribution >= 4 is 11.6 Å². The first kappa shape index (κ1) is 13.8. The van der Waals surface area contributed by atoms with Crippen molar-refractivity contribution in [2.75, 3.05) is 11.9 Å². The van der Waals surface area contributed by atoms with Gasteiger partial charge < -0.3 is 10.4 Å². The zero-order valence-corrected chi connectivity index (χ0v) is 10.6. The van der Waals surface area contributed by atoms with Crippen molar-refractivity contribution in [1.29, 1.82) is 0 Å². The van der Waals surface area contributed by atoms with Crippen molar-refractivity contribution in [3.8, 4) is 11.8 Å². The average Bonchev–Trinajstić information content (AvgIpc) is 2.47. The summed E-state index contributed by atoms with van der Waals surface area (Å²) in [5.74, 6) is 3.85. The van der Waals surface area contributed by atoms with Crippen LogP contribution in [0.2, 0.25) is 0 Å². The number of nitrogens with one attached hydrogen (secondary N) is 1. The van der Waals surface area contributed by atoms with E-state index in [4.69, 9.17) is 5.11 Å². The Morgan fingerprint density at radius 1 is 1.20 bits per heavy atom. The number of hydrogen-bond donors (Lipinski definition) is 2. The second-order valence-electron chi connectivity index (χ2n) is 3.97. The molecular weight excluding hydrogens is 257 g/mol. The topological polar surface area (TPSA) is 49.3 Å². The molecule has 0 aliphatic heterocycles. The molecule has 1 amide bonds. The molecule has 20 heavy (non-hydrogen) atoms. The van der Waals surface area contributed by atoms with E-state index < -0.39 is 11.7 Å². The third-order valence-corrected chi connectivity index (χ3v) is 2.57. The number of para-hydroxylation sites is 1. The number of carbonyl (C=O) groups is 1. The first-order valence-electron chi connectivity index (χ1n) is 5.96. The van der Waals surface area contributed by atoms with Gasteiger partial charge >= 0.3 is 0 Å². The zero-order chi connectivity index (χ0) is 14.4. The molecule has 0 saturated heterocycles. The molecule has 0 radical (unpaired) electrons. The van der Waals surface area contributed by atoms with Crippen LogP contribution in [0.25, 0.3) is 0 Å². The van der Waals surface area contributed by atoms with Crippen LogP contribution in [0.1, 0.15) is 15.9 Å². The van der Waals surface area contributed by atoms with E-state index in [0.29, 0.717) is 5.69 Å². The van der Waals surface area contributed by atoms with E-state index in [1.165, 1.54) is 12.1 Å². The summed E-state index contributed by atoms with van der Waals surface area (Å²) in [6, 6.07) is 12.9. The Labute approximate surface area is 116 Å². The molecule has 4 heteroatoms. The van der Waals surface area contributed by atoms with Gasteiger partial charge in [0.1, 0.15) is 12.4 Å². The number of anilines is 1. The van der Waals surface area contributed by atoms with Gasteiger partial charge in [0.05, 0.1) is 5.56 Å². The second kappa shape index (κ2) is 6.50. The summed E-state index contributed by atoms with van der Waals surface area (Å²) < 4.78 is 13.7. The zero-order valence-electron chi connectivity index (χ0n) is 10.6. The average molecular weight is 269 g/mol. The number of carbonyl (C=O) groups excluding carboxylic acids is 1. The van der Waals surface area contributed by atoms with Gasteiger partial charge in [-0.2, -0.15) is 0 Å². The first-order chi connectivity index (χ1) is 9.70. The molecule has 0 aliphatic carbocycles. The monoisotopic (exact) mass is 269 g/mol. The Bertz CT molecular complexity index is 672. The predicted molar refractivity (Wildman–Crippen MR) is 74.8 cm³/mol. The molecule has 2 N–H and O–H groups in total. The number of amides is 1. The highest BCUT2D eigenvalue weighted by atomic mass is 19.1. The highest BCUT2D eigenvalue weighted by Crippen LogP contribution is 2.12. The van der Waals surface area contributed by atoms with Crippen molar-refractivity contribution in [1.82, 2.24) is 0 Å². The molecule has 0 unspecified atom stereocenters. The van der Waals surface area contributed by atoms with Crippen LogP contribution in [0.3, 0.4) is 0 Å². The smallest absolute Gasteiger partial charge is 0.255 e. The minimum Gasteiger partial charge on any atom is -0.384 e. The molecule has 0 spiro atoms. The van der Waals surface area contributed by atoms with Crippen LogP contribution < -0.4 is 5.32 Å². The Hall–Kier alpha value is -2.64. The van der Waals surface area contributed by atoms with Crippen LogP contribution in [-0.2, 0) is 0 Å². The van der Waals surface area contributed by atoms with Gasteiger partial charge in [0, 0.05) is 11.3 Å². The minimum absolute atomic E-state index is 0.148. The SMILES string of the molecule is O=C(Nc1ccccc1)c1ccc(C#CCO)c(F)c1. The number of rotatable bonds is 2. The Morgan fingerprint density at radius 3 is 2.60 bits per heavy atom. The van der Waals surface area contributed by atoms with E-state index in [1.54, 1.807) is 24.3 Å². The van der Waals surface area contributed by atoms with Gasteiger partial charge in [0.2, 0.25) is 0 Å². The molecular formula is C16H12FNO2. The molecule has 0 atom stereocenters. The van der Waals surface area contributed by atoms with Gasteiger partial charge in [-0.1, -0.05) is 30.0 Å². The van der Waals surface area contributed by atoms with Crippen LogP contribution in [0.15, 0.2) is 48.5 Å². The molecule has 0 heterocycles. The van der Waals surface area contributed by atoms with Crippen molar-refractivity contribution in [3.63, 3.8) is 0 Å². The normalized spacial score (nSPS) is 9.50. The molecule has 2 aromatic carbocycles. The highest BCUT2D eigenvalue weighted by Gasteiger charge is 2.09. The number of benzene rings is 2. The van der Waals surface area contributed by atoms with Crippen molar-refractivity contribution < 1.29 is 14.3 Å². The molecule has 3 nitrogen and oxygen atoms in total. The van der Waals surface area contributed by atoms with Gasteiger partial charge in [-0.15, -0.1) is 0 Å². The van der Waals surface area contributed by atoms with Crippen molar-refractivity contribution in [2.24, 2.45) is 0 Å². The molecule has 0 aliphatic rings. The summed E-state index contributed by atoms with van der Waals surface area (Å²) in [6.45, 7) is -0.338. The van der Waals surface area contributed by atoms with E-state index in [2.05, 4.69) is 17.2 Å². The lowest BCUT2D eigenvalue weighted by molar-refractivity contribution is 0.102. The fourth-order valence-corrected chi connectivity index (χ4v) is 1.62. The van der Waals surface area contributed by atoms with E-state index in [0.717, 1.165) is 6.07 Å². The molecule has 0 fully saturated rings. The second-order valence-corrected chi connectivity index (χ2v) is 3.97. The Morgan fingerprint density at radius 2 is 1.95 bits per heavy atom. The van der Waals surface area contributed by atoms with Crippen LogP contribution >= 0.6 is 0 Å². The molecule has 0 aromatic heterocycles. The lowest BCUT2D eigenvalue weighted by Crippen LogP contribution is -2.12. The standard InChI is InChI=1S/C16H12FNO2/c17-15-11-13(9-8-12(15)5-4-10-19)16(20)18-14-6-2-1-3-7-14/h1-3,6-9,11,19H,10H2,(H,18,20). The summed E-state index contributed by atoms with van der Waals surface area (Å²) in [7, 11) is 0. The molecule has 100 valence electrons. The van der Waals surface area contributed by atoms with E-state index >= 15 is 0 Å². The van der Waals surface area contributed by atoms with Crippen LogP contribution in [0.5, 0.6) is 0 Å². The Balaban J connectivity index is 2.17. The lowest BCUT2D eigenvalue weighted by Gasteiger charge is -2.05. The fourth-order valence-electron chi connectivity index (χ4n) is 1.62. The minimum atomic E-state index is -0.591. The lowest BCUT2D eigenvalue weighted by atomic mass is 10.1. The largest absolute Gasteiger partial charge is 0.384 e. The van der Waals surface area contributed by atoms with E-state index in [1.807, 2.05) is 6.07 Å². The number of halogens is 1. The van der Waals surface area contributed by atoms with Crippen molar-refractivity contribution in [3.05, 3.63) is 65.5 Å². The van der Waals surface area contributed by atoms with E-state index in [-0.39, 0.29) is 17.7 Å². The fraction of sp³-hybridized carbons (Fsp3) is 0.0625. The first-order valence-corrected chi connectivity index (χ1v) is 5.96. The van der Waals surface area contributed by atoms with Gasteiger partial charge in [0.15, 0.2) is 0 Å². The molecule has 0 saturated carbocycles. The summed E-state index contributed by atoms with van der Waals surface area (Å²) in [5, 5.41) is 11.2. The van der Waals surface area contributed by atoms with Gasteiger partial charge in [-0.05, 0) is 30.3 Å². The number of aliphatic hydroxyl groups excluding tert-OH is 1. The maximum atomic E-state index is 13.7. The van der Waals surface area contributed by atoms with Gasteiger partial charge in [-0.25, -0.2) is 4.39 Å². The van der Waals surface area contributed by atoms with Crippen LogP contribution in [-0.4, -0.2) is 17.6 Å². The van der Waals surface area contributed by atoms with Gasteiger partial charge in [0.25, 0.3) is 5.91 Å². The molecule has 2 aromatic rings. The predicted octanol–water partition coefficient (Wildman–Crippen LogP) is 2.42. The molecule has 2 rings (SSSR count). The van der Waals surface area contributed by atoms with Crippen molar-refractivity contribution in [2.45, 2.75) is 0 Å². The number of hydrogen-bond acceptors (Lipinski definition) is 2. The summed E-state index contributed by atoms with van der Waals surface area (Å²) in [6.07, 6.45) is 0. The number of aliphatic hydroxyl groups is 1. The summed E-state index contributed by atoms with van der Waals surface area (Å²) in [5.41, 5.74) is 0.998. The van der Waals surface area contributed by atoms with Gasteiger partial charge in [-0.3, -0.25) is 4.79 Å².